The number of carbonyl (C=O) groups is 1. The number of esters is 1. The summed E-state index contributed by atoms with van der Waals surface area (Å²) >= 11 is 0. The van der Waals surface area contributed by atoms with Gasteiger partial charge in [0.25, 0.3) is 0 Å². The van der Waals surface area contributed by atoms with Crippen molar-refractivity contribution in [3.05, 3.63) is 12.2 Å². The van der Waals surface area contributed by atoms with Gasteiger partial charge >= 0.3 is 5.97 Å². The maximum atomic E-state index is 11.9. The predicted molar refractivity (Wildman–Crippen MR) is 161 cm³/mol. The predicted octanol–water partition coefficient (Wildman–Crippen LogP) is 12.0. The third-order valence-electron chi connectivity index (χ3n) is 7.40. The highest BCUT2D eigenvalue weighted by atomic mass is 16.5. The summed E-state index contributed by atoms with van der Waals surface area (Å²) in [7, 11) is 0. The molecule has 0 aliphatic carbocycles. The average Bonchev–Trinajstić information content (AvgIpc) is 2.88. The van der Waals surface area contributed by atoms with Crippen molar-refractivity contribution in [1.29, 1.82) is 0 Å². The van der Waals surface area contributed by atoms with E-state index in [-0.39, 0.29) is 5.97 Å². The highest BCUT2D eigenvalue weighted by Crippen LogP contribution is 2.13. The second kappa shape index (κ2) is 32.2. The first-order valence-electron chi connectivity index (χ1n) is 16.6. The van der Waals surface area contributed by atoms with Crippen LogP contribution in [-0.2, 0) is 9.53 Å². The van der Waals surface area contributed by atoms with Crippen LogP contribution in [0.2, 0.25) is 0 Å². The van der Waals surface area contributed by atoms with Crippen molar-refractivity contribution in [3.63, 3.8) is 0 Å². The summed E-state index contributed by atoms with van der Waals surface area (Å²) in [6.07, 6.45) is 41.2. The van der Waals surface area contributed by atoms with E-state index in [0.29, 0.717) is 13.0 Å². The molecule has 0 rings (SSSR count). The lowest BCUT2D eigenvalue weighted by Gasteiger charge is -2.05. The van der Waals surface area contributed by atoms with Crippen LogP contribution in [0, 0.1) is 0 Å². The van der Waals surface area contributed by atoms with Gasteiger partial charge in [0.2, 0.25) is 0 Å². The lowest BCUT2D eigenvalue weighted by Crippen LogP contribution is -2.05. The van der Waals surface area contributed by atoms with Crippen LogP contribution in [0.3, 0.4) is 0 Å². The third-order valence-corrected chi connectivity index (χ3v) is 7.40. The topological polar surface area (TPSA) is 26.3 Å². The number of hydrogen-bond donors (Lipinski definition) is 0. The van der Waals surface area contributed by atoms with Gasteiger partial charge in [0.05, 0.1) is 6.61 Å². The van der Waals surface area contributed by atoms with Crippen molar-refractivity contribution < 1.29 is 9.53 Å². The molecule has 0 N–H and O–H groups in total. The molecule has 0 aromatic rings. The van der Waals surface area contributed by atoms with Gasteiger partial charge < -0.3 is 4.74 Å². The van der Waals surface area contributed by atoms with Crippen molar-refractivity contribution in [2.75, 3.05) is 6.61 Å². The summed E-state index contributed by atoms with van der Waals surface area (Å²) in [5.74, 6) is 0.0193. The zero-order chi connectivity index (χ0) is 26.2. The Kier molecular flexibility index (Phi) is 31.5. The van der Waals surface area contributed by atoms with Crippen LogP contribution in [0.5, 0.6) is 0 Å². The summed E-state index contributed by atoms with van der Waals surface area (Å²) in [4.78, 5) is 11.9. The fraction of sp³-hybridized carbons (Fsp3) is 0.912. The number of rotatable bonds is 30. The van der Waals surface area contributed by atoms with Crippen LogP contribution in [0.4, 0.5) is 0 Å². The van der Waals surface area contributed by atoms with Gasteiger partial charge in [0.15, 0.2) is 0 Å². The van der Waals surface area contributed by atoms with E-state index in [4.69, 9.17) is 4.74 Å². The Bertz CT molecular complexity index is 442. The van der Waals surface area contributed by atoms with Crippen molar-refractivity contribution in [1.82, 2.24) is 0 Å². The molecule has 0 saturated carbocycles. The lowest BCUT2D eigenvalue weighted by molar-refractivity contribution is -0.143. The van der Waals surface area contributed by atoms with Gasteiger partial charge in [-0.1, -0.05) is 161 Å². The van der Waals surface area contributed by atoms with Gasteiger partial charge in [-0.05, 0) is 38.5 Å². The molecule has 0 radical (unpaired) electrons. The van der Waals surface area contributed by atoms with Crippen molar-refractivity contribution in [2.24, 2.45) is 0 Å². The molecule has 0 spiro atoms. The van der Waals surface area contributed by atoms with Crippen LogP contribution in [0.15, 0.2) is 12.2 Å². The first-order chi connectivity index (χ1) is 17.8. The van der Waals surface area contributed by atoms with Crippen molar-refractivity contribution in [2.45, 2.75) is 194 Å². The highest BCUT2D eigenvalue weighted by molar-refractivity contribution is 5.69. The number of unbranched alkanes of at least 4 members (excludes halogenated alkanes) is 24. The number of hydrogen-bond acceptors (Lipinski definition) is 2. The van der Waals surface area contributed by atoms with Crippen molar-refractivity contribution in [3.8, 4) is 0 Å². The molecule has 36 heavy (non-hydrogen) atoms. The molecule has 0 atom stereocenters. The van der Waals surface area contributed by atoms with E-state index in [1.54, 1.807) is 0 Å². The molecular formula is C34H66O2. The molecular weight excluding hydrogens is 440 g/mol. The summed E-state index contributed by atoms with van der Waals surface area (Å²) in [5, 5.41) is 0. The molecule has 0 aliphatic rings. The molecule has 0 aliphatic heterocycles. The van der Waals surface area contributed by atoms with E-state index in [2.05, 4.69) is 26.0 Å². The first-order valence-corrected chi connectivity index (χ1v) is 16.6. The van der Waals surface area contributed by atoms with Gasteiger partial charge in [-0.25, -0.2) is 0 Å². The van der Waals surface area contributed by atoms with Crippen LogP contribution in [0.25, 0.3) is 0 Å². The summed E-state index contributed by atoms with van der Waals surface area (Å²) < 4.78 is 5.42. The molecule has 0 saturated heterocycles. The minimum absolute atomic E-state index is 0.0193. The summed E-state index contributed by atoms with van der Waals surface area (Å²) in [6.45, 7) is 5.19. The van der Waals surface area contributed by atoms with E-state index >= 15 is 0 Å². The molecule has 0 fully saturated rings. The number of carbonyl (C=O) groups excluding carboxylic acids is 1. The Morgan fingerprint density at radius 1 is 0.444 bits per heavy atom. The van der Waals surface area contributed by atoms with Gasteiger partial charge in [-0.2, -0.15) is 0 Å². The number of ether oxygens (including phenoxy) is 1. The standard InChI is InChI=1S/C34H66O2/c1-3-5-7-9-11-13-15-17-18-19-20-21-22-24-26-28-30-32-34(35)36-33-31-29-27-25-23-16-14-12-10-8-6-4-2/h17-18H,3-16,19-33H2,1-2H3/b18-17-. The monoisotopic (exact) mass is 507 g/mol. The molecule has 0 amide bonds. The van der Waals surface area contributed by atoms with E-state index in [1.807, 2.05) is 0 Å². The Hall–Kier alpha value is -0.790. The van der Waals surface area contributed by atoms with Crippen LogP contribution < -0.4 is 0 Å². The van der Waals surface area contributed by atoms with Gasteiger partial charge in [-0.3, -0.25) is 4.79 Å². The lowest BCUT2D eigenvalue weighted by atomic mass is 10.1. The molecule has 2 nitrogen and oxygen atoms in total. The van der Waals surface area contributed by atoms with Crippen LogP contribution in [0.1, 0.15) is 194 Å². The zero-order valence-electron chi connectivity index (χ0n) is 25.0. The van der Waals surface area contributed by atoms with E-state index in [9.17, 15) is 4.79 Å². The van der Waals surface area contributed by atoms with Gasteiger partial charge in [0.1, 0.15) is 0 Å². The molecule has 0 unspecified atom stereocenters. The SMILES string of the molecule is CCCCCCCC/C=C\CCCCCCCCCC(=O)OCCCCCCCCCCCCCC. The maximum absolute atomic E-state index is 11.9. The Balaban J connectivity index is 3.18. The molecule has 0 heterocycles. The summed E-state index contributed by atoms with van der Waals surface area (Å²) in [6, 6.07) is 0. The van der Waals surface area contributed by atoms with Crippen LogP contribution >= 0.6 is 0 Å². The largest absolute Gasteiger partial charge is 0.466 e. The zero-order valence-corrected chi connectivity index (χ0v) is 25.0. The Morgan fingerprint density at radius 3 is 1.19 bits per heavy atom. The van der Waals surface area contributed by atoms with E-state index < -0.39 is 0 Å². The Labute approximate surface area is 227 Å². The minimum atomic E-state index is 0.0193. The molecule has 0 bridgehead atoms. The second-order valence-corrected chi connectivity index (χ2v) is 11.2. The summed E-state index contributed by atoms with van der Waals surface area (Å²) in [5.41, 5.74) is 0. The fourth-order valence-corrected chi connectivity index (χ4v) is 4.89. The average molecular weight is 507 g/mol. The minimum Gasteiger partial charge on any atom is -0.466 e. The van der Waals surface area contributed by atoms with E-state index in [1.165, 1.54) is 161 Å². The molecule has 2 heteroatoms. The Morgan fingerprint density at radius 2 is 0.778 bits per heavy atom. The smallest absolute Gasteiger partial charge is 0.305 e. The number of allylic oxidation sites excluding steroid dienone is 2. The fourth-order valence-electron chi connectivity index (χ4n) is 4.89. The normalized spacial score (nSPS) is 11.5. The van der Waals surface area contributed by atoms with Gasteiger partial charge in [0, 0.05) is 6.42 Å². The van der Waals surface area contributed by atoms with Crippen LogP contribution in [-0.4, -0.2) is 12.6 Å². The molecule has 0 aromatic carbocycles. The first kappa shape index (κ1) is 35.2. The second-order valence-electron chi connectivity index (χ2n) is 11.2. The maximum Gasteiger partial charge on any atom is 0.305 e. The van der Waals surface area contributed by atoms with Gasteiger partial charge in [-0.15, -0.1) is 0 Å². The van der Waals surface area contributed by atoms with Crippen molar-refractivity contribution >= 4 is 5.97 Å². The molecule has 0 aromatic heterocycles. The quantitative estimate of drug-likeness (QED) is 0.0550. The van der Waals surface area contributed by atoms with E-state index in [0.717, 1.165) is 12.8 Å². The highest BCUT2D eigenvalue weighted by Gasteiger charge is 2.02. The third kappa shape index (κ3) is 31.2. The molecule has 214 valence electrons.